The Morgan fingerprint density at radius 1 is 0.333 bits per heavy atom. The summed E-state index contributed by atoms with van der Waals surface area (Å²) in [7, 11) is 5.96. The minimum atomic E-state index is -1.53. The SMILES string of the molecule is CC/C=C\C/C=C\C/C=C\C/C=C\C/C=C\C/C=C\C/C=C\C/C=C\C/C=C\C/C=C\C/C=C\C/C=C\CCCCC(=O)OC(COC(=O)CCCCCCCCCCCCCCCCCCC/C=C\CCCCCCCCCC)COC(OCC[N+](C)(C)C)C(=O)O. The molecular formula is C84H140NO8+. The highest BCUT2D eigenvalue weighted by Crippen LogP contribution is 2.17. The molecule has 9 nitrogen and oxygen atoms in total. The van der Waals surface area contributed by atoms with Gasteiger partial charge in [0.15, 0.2) is 6.10 Å². The lowest BCUT2D eigenvalue weighted by Crippen LogP contribution is -2.40. The molecule has 0 fully saturated rings. The van der Waals surface area contributed by atoms with Crippen LogP contribution in [0.2, 0.25) is 0 Å². The fraction of sp³-hybridized carbons (Fsp3) is 0.655. The second-order valence-electron chi connectivity index (χ2n) is 25.9. The van der Waals surface area contributed by atoms with Crippen LogP contribution in [0.1, 0.15) is 296 Å². The summed E-state index contributed by atoms with van der Waals surface area (Å²) in [5, 5.41) is 9.76. The minimum absolute atomic E-state index is 0.172. The first-order chi connectivity index (χ1) is 45.6. The predicted octanol–water partition coefficient (Wildman–Crippen LogP) is 24.0. The Hall–Kier alpha value is -5.09. The number of allylic oxidation sites excluding steroid dienone is 26. The average molecular weight is 1290 g/mol. The molecule has 0 aromatic heterocycles. The van der Waals surface area contributed by atoms with Crippen LogP contribution in [-0.4, -0.2) is 87.4 Å². The van der Waals surface area contributed by atoms with Crippen molar-refractivity contribution in [3.63, 3.8) is 0 Å². The summed E-state index contributed by atoms with van der Waals surface area (Å²) in [6.45, 7) is 4.72. The number of nitrogens with zero attached hydrogens (tertiary/aromatic N) is 1. The Kier molecular flexibility index (Phi) is 68.8. The topological polar surface area (TPSA) is 108 Å². The summed E-state index contributed by atoms with van der Waals surface area (Å²) in [5.74, 6) is -2.07. The Morgan fingerprint density at radius 2 is 0.613 bits per heavy atom. The quantitative estimate of drug-likeness (QED) is 0.0211. The van der Waals surface area contributed by atoms with Gasteiger partial charge >= 0.3 is 17.9 Å². The number of carbonyl (C=O) groups is 3. The molecule has 0 bridgehead atoms. The van der Waals surface area contributed by atoms with E-state index in [0.29, 0.717) is 17.4 Å². The van der Waals surface area contributed by atoms with Crippen LogP contribution < -0.4 is 0 Å². The van der Waals surface area contributed by atoms with Gasteiger partial charge in [-0.25, -0.2) is 4.79 Å². The van der Waals surface area contributed by atoms with Gasteiger partial charge in [-0.15, -0.1) is 0 Å². The molecule has 9 heteroatoms. The van der Waals surface area contributed by atoms with Gasteiger partial charge in [-0.3, -0.25) is 9.59 Å². The van der Waals surface area contributed by atoms with E-state index in [-0.39, 0.29) is 38.6 Å². The van der Waals surface area contributed by atoms with E-state index in [9.17, 15) is 19.5 Å². The van der Waals surface area contributed by atoms with Crippen LogP contribution in [0, 0.1) is 0 Å². The number of likely N-dealkylation sites (N-methyl/N-ethyl adjacent to an activating group) is 1. The molecular weight excluding hydrogens is 1150 g/mol. The molecule has 0 heterocycles. The number of esters is 2. The molecule has 93 heavy (non-hydrogen) atoms. The van der Waals surface area contributed by atoms with Crippen LogP contribution in [0.3, 0.4) is 0 Å². The van der Waals surface area contributed by atoms with E-state index >= 15 is 0 Å². The fourth-order valence-corrected chi connectivity index (χ4v) is 10.1. The fourth-order valence-electron chi connectivity index (χ4n) is 10.1. The van der Waals surface area contributed by atoms with Crippen molar-refractivity contribution in [2.24, 2.45) is 0 Å². The first-order valence-electron chi connectivity index (χ1n) is 37.6. The van der Waals surface area contributed by atoms with Crippen LogP contribution in [0.25, 0.3) is 0 Å². The van der Waals surface area contributed by atoms with E-state index in [1.54, 1.807) is 0 Å². The molecule has 0 aromatic carbocycles. The third-order valence-corrected chi connectivity index (χ3v) is 15.8. The molecule has 0 radical (unpaired) electrons. The molecule has 0 saturated carbocycles. The lowest BCUT2D eigenvalue weighted by molar-refractivity contribution is -0.870. The second kappa shape index (κ2) is 72.7. The first-order valence-corrected chi connectivity index (χ1v) is 37.6. The maximum absolute atomic E-state index is 12.9. The maximum Gasteiger partial charge on any atom is 0.361 e. The molecule has 0 aliphatic rings. The lowest BCUT2D eigenvalue weighted by atomic mass is 10.0. The van der Waals surface area contributed by atoms with Crippen molar-refractivity contribution >= 4 is 17.9 Å². The highest BCUT2D eigenvalue weighted by atomic mass is 16.7. The molecule has 0 amide bonds. The van der Waals surface area contributed by atoms with Crippen LogP contribution >= 0.6 is 0 Å². The van der Waals surface area contributed by atoms with Gasteiger partial charge in [0.25, 0.3) is 6.29 Å². The van der Waals surface area contributed by atoms with Crippen molar-refractivity contribution in [2.75, 3.05) is 47.5 Å². The van der Waals surface area contributed by atoms with Gasteiger partial charge in [0.05, 0.1) is 34.4 Å². The molecule has 528 valence electrons. The first kappa shape index (κ1) is 87.9. The Labute approximate surface area is 572 Å². The molecule has 0 aromatic rings. The van der Waals surface area contributed by atoms with E-state index in [1.807, 2.05) is 21.1 Å². The summed E-state index contributed by atoms with van der Waals surface area (Å²) in [4.78, 5) is 37.7. The van der Waals surface area contributed by atoms with Gasteiger partial charge in [0.1, 0.15) is 13.2 Å². The van der Waals surface area contributed by atoms with Crippen molar-refractivity contribution in [1.82, 2.24) is 0 Å². The smallest absolute Gasteiger partial charge is 0.361 e. The number of carboxylic acids is 1. The van der Waals surface area contributed by atoms with Gasteiger partial charge < -0.3 is 28.5 Å². The predicted molar refractivity (Wildman–Crippen MR) is 400 cm³/mol. The van der Waals surface area contributed by atoms with Gasteiger partial charge in [-0.05, 0) is 128 Å². The van der Waals surface area contributed by atoms with E-state index < -0.39 is 24.3 Å². The Balaban J connectivity index is 4.22. The van der Waals surface area contributed by atoms with Gasteiger partial charge in [0, 0.05) is 12.8 Å². The summed E-state index contributed by atoms with van der Waals surface area (Å²) in [5.41, 5.74) is 0. The van der Waals surface area contributed by atoms with E-state index in [4.69, 9.17) is 18.9 Å². The number of carbonyl (C=O) groups excluding carboxylic acids is 2. The van der Waals surface area contributed by atoms with Crippen molar-refractivity contribution in [3.05, 3.63) is 158 Å². The number of unbranched alkanes of at least 4 members (excludes halogenated alkanes) is 27. The van der Waals surface area contributed by atoms with Crippen LogP contribution in [-0.2, 0) is 33.3 Å². The normalized spacial score (nSPS) is 13.6. The zero-order valence-corrected chi connectivity index (χ0v) is 60.4. The van der Waals surface area contributed by atoms with Gasteiger partial charge in [0.2, 0.25) is 0 Å². The number of carboxylic acid groups (broad SMARTS) is 1. The number of hydrogen-bond donors (Lipinski definition) is 1. The Morgan fingerprint density at radius 3 is 0.946 bits per heavy atom. The van der Waals surface area contributed by atoms with Crippen molar-refractivity contribution in [2.45, 2.75) is 309 Å². The van der Waals surface area contributed by atoms with Gasteiger partial charge in [-0.2, -0.15) is 0 Å². The molecule has 0 rings (SSSR count). The molecule has 2 atom stereocenters. The highest BCUT2D eigenvalue weighted by Gasteiger charge is 2.25. The third kappa shape index (κ3) is 74.2. The molecule has 0 aliphatic heterocycles. The second-order valence-corrected chi connectivity index (χ2v) is 25.9. The summed E-state index contributed by atoms with van der Waals surface area (Å²) in [6.07, 6.45) is 105. The van der Waals surface area contributed by atoms with Crippen LogP contribution in [0.4, 0.5) is 0 Å². The number of rotatable bonds is 68. The standard InChI is InChI=1S/C84H139NO8/c1-6-8-10-12-14-16-18-20-22-24-26-28-30-32-34-36-37-38-39-40-41-42-43-44-45-47-49-51-53-55-57-59-61-63-65-67-69-71-73-75-82(87)93-80(79-92-84(83(88)89)90-77-76-85(3,4)5)78-91-81(86)74-72-70-68-66-64-62-60-58-56-54-52-50-48-46-35-33-31-29-27-25-23-21-19-17-15-13-11-9-7-2/h8,10,14,16,20,22,25-28,32,34,37-38,40-41,43-44,47,49,53,55,59,61,65,67,80,84H,6-7,9,11-13,15,17-19,21,23-24,29-31,33,35-36,39,42,45-46,48,50-52,54,56-58,60,62-64,66,68-79H2,1-5H3/p+1/b10-8-,16-14-,22-20-,27-25-,28-26-,34-32-,38-37-,41-40-,44-43-,49-47-,55-53-,61-59-,67-65-. The van der Waals surface area contributed by atoms with E-state index in [1.165, 1.54) is 154 Å². The van der Waals surface area contributed by atoms with E-state index in [2.05, 4.69) is 172 Å². The molecule has 0 aliphatic carbocycles. The lowest BCUT2D eigenvalue weighted by Gasteiger charge is -2.25. The summed E-state index contributed by atoms with van der Waals surface area (Å²) < 4.78 is 22.9. The molecule has 0 spiro atoms. The average Bonchev–Trinajstić information content (AvgIpc) is 3.38. The largest absolute Gasteiger partial charge is 0.477 e. The molecule has 0 saturated heterocycles. The zero-order valence-electron chi connectivity index (χ0n) is 60.4. The summed E-state index contributed by atoms with van der Waals surface area (Å²) in [6, 6.07) is 0. The van der Waals surface area contributed by atoms with E-state index in [0.717, 1.165) is 109 Å². The zero-order chi connectivity index (χ0) is 67.5. The third-order valence-electron chi connectivity index (χ3n) is 15.8. The summed E-state index contributed by atoms with van der Waals surface area (Å²) >= 11 is 0. The number of aliphatic carboxylic acids is 1. The molecule has 2 unspecified atom stereocenters. The van der Waals surface area contributed by atoms with Crippen LogP contribution in [0.5, 0.6) is 0 Å². The molecule has 1 N–H and O–H groups in total. The maximum atomic E-state index is 12.9. The highest BCUT2D eigenvalue weighted by molar-refractivity contribution is 5.71. The van der Waals surface area contributed by atoms with Crippen molar-refractivity contribution in [1.29, 1.82) is 0 Å². The monoisotopic (exact) mass is 1290 g/mol. The van der Waals surface area contributed by atoms with Crippen molar-refractivity contribution in [3.8, 4) is 0 Å². The van der Waals surface area contributed by atoms with Crippen LogP contribution in [0.15, 0.2) is 158 Å². The number of hydrogen-bond acceptors (Lipinski definition) is 7. The minimum Gasteiger partial charge on any atom is -0.477 e. The Bertz CT molecular complexity index is 2090. The number of ether oxygens (including phenoxy) is 4. The number of quaternary nitrogens is 1. The van der Waals surface area contributed by atoms with Crippen molar-refractivity contribution < 1.29 is 42.9 Å². The van der Waals surface area contributed by atoms with Gasteiger partial charge in [-0.1, -0.05) is 313 Å².